The van der Waals surface area contributed by atoms with Crippen LogP contribution < -0.4 is 4.90 Å². The molecule has 0 unspecified atom stereocenters. The second-order valence-corrected chi connectivity index (χ2v) is 6.52. The molecule has 0 radical (unpaired) electrons. The number of fused-ring (bicyclic) bond motifs is 1. The minimum absolute atomic E-state index is 0.109. The van der Waals surface area contributed by atoms with E-state index in [1.807, 2.05) is 0 Å². The first kappa shape index (κ1) is 17.5. The minimum atomic E-state index is -0.566. The lowest BCUT2D eigenvalue weighted by Crippen LogP contribution is -2.29. The molecule has 25 heavy (non-hydrogen) atoms. The summed E-state index contributed by atoms with van der Waals surface area (Å²) < 4.78 is 5.12. The van der Waals surface area contributed by atoms with Gasteiger partial charge in [0.2, 0.25) is 0 Å². The molecule has 0 atom stereocenters. The number of anilines is 1. The van der Waals surface area contributed by atoms with Crippen LogP contribution in [0.4, 0.5) is 5.69 Å². The SMILES string of the molecule is CC(C)OC(=O)c1ccc2c(c1)C(=O)N(c1cccc(Cl)c1Cl)C2=O. The summed E-state index contributed by atoms with van der Waals surface area (Å²) >= 11 is 12.1. The fraction of sp³-hybridized carbons (Fsp3) is 0.167. The number of imide groups is 1. The molecule has 0 saturated carbocycles. The van der Waals surface area contributed by atoms with Gasteiger partial charge in [0.25, 0.3) is 11.8 Å². The second kappa shape index (κ2) is 6.50. The Labute approximate surface area is 154 Å². The smallest absolute Gasteiger partial charge is 0.338 e. The lowest BCUT2D eigenvalue weighted by molar-refractivity contribution is 0.0377. The zero-order chi connectivity index (χ0) is 18.3. The number of nitrogens with zero attached hydrogens (tertiary/aromatic N) is 1. The highest BCUT2D eigenvalue weighted by Crippen LogP contribution is 2.37. The molecule has 0 N–H and O–H groups in total. The normalized spacial score (nSPS) is 13.4. The van der Waals surface area contributed by atoms with Crippen molar-refractivity contribution in [3.8, 4) is 0 Å². The fourth-order valence-electron chi connectivity index (χ4n) is 2.53. The molecule has 0 saturated heterocycles. The zero-order valence-corrected chi connectivity index (χ0v) is 14.9. The van der Waals surface area contributed by atoms with Crippen molar-refractivity contribution < 1.29 is 19.1 Å². The maximum Gasteiger partial charge on any atom is 0.338 e. The molecular formula is C18H13Cl2NO4. The van der Waals surface area contributed by atoms with Crippen molar-refractivity contribution in [3.63, 3.8) is 0 Å². The number of ether oxygens (including phenoxy) is 1. The zero-order valence-electron chi connectivity index (χ0n) is 13.4. The molecule has 2 aromatic rings. The van der Waals surface area contributed by atoms with Crippen LogP contribution in [0.25, 0.3) is 0 Å². The summed E-state index contributed by atoms with van der Waals surface area (Å²) in [5, 5.41) is 0.343. The number of rotatable bonds is 3. The van der Waals surface area contributed by atoms with E-state index in [1.165, 1.54) is 24.3 Å². The Bertz CT molecular complexity index is 908. The van der Waals surface area contributed by atoms with Crippen LogP contribution in [-0.4, -0.2) is 23.9 Å². The molecule has 0 bridgehead atoms. The first-order valence-corrected chi connectivity index (χ1v) is 8.24. The van der Waals surface area contributed by atoms with Gasteiger partial charge in [-0.3, -0.25) is 9.59 Å². The lowest BCUT2D eigenvalue weighted by atomic mass is 10.1. The Morgan fingerprint density at radius 3 is 2.40 bits per heavy atom. The van der Waals surface area contributed by atoms with Crippen molar-refractivity contribution in [2.75, 3.05) is 4.90 Å². The van der Waals surface area contributed by atoms with Crippen LogP contribution >= 0.6 is 23.2 Å². The van der Waals surface area contributed by atoms with Gasteiger partial charge >= 0.3 is 5.97 Å². The Morgan fingerprint density at radius 1 is 1.04 bits per heavy atom. The second-order valence-electron chi connectivity index (χ2n) is 5.73. The molecule has 2 aromatic carbocycles. The van der Waals surface area contributed by atoms with E-state index in [9.17, 15) is 14.4 Å². The first-order valence-electron chi connectivity index (χ1n) is 7.49. The van der Waals surface area contributed by atoms with Gasteiger partial charge in [0, 0.05) is 0 Å². The number of hydrogen-bond acceptors (Lipinski definition) is 4. The van der Waals surface area contributed by atoms with Crippen molar-refractivity contribution in [1.29, 1.82) is 0 Å². The predicted octanol–water partition coefficient (Wildman–Crippen LogP) is 4.36. The average Bonchev–Trinajstić information content (AvgIpc) is 2.81. The quantitative estimate of drug-likeness (QED) is 0.588. The summed E-state index contributed by atoms with van der Waals surface area (Å²) in [6, 6.07) is 8.94. The predicted molar refractivity (Wildman–Crippen MR) is 94.6 cm³/mol. The van der Waals surface area contributed by atoms with E-state index < -0.39 is 17.8 Å². The van der Waals surface area contributed by atoms with Crippen LogP contribution in [0.3, 0.4) is 0 Å². The highest BCUT2D eigenvalue weighted by Gasteiger charge is 2.38. The number of carbonyl (C=O) groups excluding carboxylic acids is 3. The number of esters is 1. The molecule has 0 spiro atoms. The molecule has 1 aliphatic rings. The number of hydrogen-bond donors (Lipinski definition) is 0. The Hall–Kier alpha value is -2.37. The molecule has 0 fully saturated rings. The average molecular weight is 378 g/mol. The van der Waals surface area contributed by atoms with Crippen molar-refractivity contribution in [1.82, 2.24) is 0 Å². The van der Waals surface area contributed by atoms with Gasteiger partial charge in [-0.1, -0.05) is 29.3 Å². The summed E-state index contributed by atoms with van der Waals surface area (Å²) in [7, 11) is 0. The third-order valence-corrected chi connectivity index (χ3v) is 4.45. The van der Waals surface area contributed by atoms with E-state index in [2.05, 4.69) is 0 Å². The molecule has 3 rings (SSSR count). The highest BCUT2D eigenvalue weighted by molar-refractivity contribution is 6.46. The number of halogens is 2. The number of amides is 2. The van der Waals surface area contributed by atoms with Gasteiger partial charge in [0.15, 0.2) is 0 Å². The van der Waals surface area contributed by atoms with Crippen molar-refractivity contribution in [3.05, 3.63) is 63.1 Å². The van der Waals surface area contributed by atoms with Gasteiger partial charge in [-0.25, -0.2) is 9.69 Å². The van der Waals surface area contributed by atoms with Crippen LogP contribution in [0.5, 0.6) is 0 Å². The van der Waals surface area contributed by atoms with E-state index in [1.54, 1.807) is 26.0 Å². The van der Waals surface area contributed by atoms with Crippen LogP contribution in [0.2, 0.25) is 10.0 Å². The largest absolute Gasteiger partial charge is 0.459 e. The summed E-state index contributed by atoms with van der Waals surface area (Å²) in [5.41, 5.74) is 0.723. The topological polar surface area (TPSA) is 63.7 Å². The summed E-state index contributed by atoms with van der Waals surface area (Å²) in [4.78, 5) is 38.3. The van der Waals surface area contributed by atoms with Crippen LogP contribution in [0.15, 0.2) is 36.4 Å². The highest BCUT2D eigenvalue weighted by atomic mass is 35.5. The fourth-order valence-corrected chi connectivity index (χ4v) is 2.91. The number of benzene rings is 2. The number of carbonyl (C=O) groups is 3. The van der Waals surface area contributed by atoms with Gasteiger partial charge in [-0.05, 0) is 44.2 Å². The lowest BCUT2D eigenvalue weighted by Gasteiger charge is -2.15. The van der Waals surface area contributed by atoms with Gasteiger partial charge in [0.1, 0.15) is 0 Å². The summed E-state index contributed by atoms with van der Waals surface area (Å²) in [5.74, 6) is -1.64. The van der Waals surface area contributed by atoms with E-state index in [0.29, 0.717) is 0 Å². The maximum absolute atomic E-state index is 12.7. The summed E-state index contributed by atoms with van der Waals surface area (Å²) in [6.07, 6.45) is -0.292. The van der Waals surface area contributed by atoms with Gasteiger partial charge in [-0.15, -0.1) is 0 Å². The molecule has 7 heteroatoms. The molecule has 0 aliphatic carbocycles. The molecule has 0 aromatic heterocycles. The standard InChI is InChI=1S/C18H13Cl2NO4/c1-9(2)25-18(24)10-6-7-11-12(8-10)17(23)21(16(11)22)14-5-3-4-13(19)15(14)20/h3-9H,1-2H3. The summed E-state index contributed by atoms with van der Waals surface area (Å²) in [6.45, 7) is 3.45. The van der Waals surface area contributed by atoms with Crippen molar-refractivity contribution in [2.24, 2.45) is 0 Å². The Kier molecular flexibility index (Phi) is 4.54. The van der Waals surface area contributed by atoms with Crippen LogP contribution in [-0.2, 0) is 4.74 Å². The third kappa shape index (κ3) is 3.01. The molecule has 2 amide bonds. The van der Waals surface area contributed by atoms with Crippen molar-refractivity contribution in [2.45, 2.75) is 20.0 Å². The van der Waals surface area contributed by atoms with E-state index in [4.69, 9.17) is 27.9 Å². The molecule has 5 nitrogen and oxygen atoms in total. The maximum atomic E-state index is 12.7. The van der Waals surface area contributed by atoms with Gasteiger partial charge < -0.3 is 4.74 Å². The van der Waals surface area contributed by atoms with Gasteiger partial charge in [0.05, 0.1) is 38.5 Å². The van der Waals surface area contributed by atoms with E-state index >= 15 is 0 Å². The van der Waals surface area contributed by atoms with Gasteiger partial charge in [-0.2, -0.15) is 0 Å². The van der Waals surface area contributed by atoms with Crippen molar-refractivity contribution >= 4 is 46.7 Å². The third-order valence-electron chi connectivity index (χ3n) is 3.64. The van der Waals surface area contributed by atoms with Crippen LogP contribution in [0, 0.1) is 0 Å². The first-order chi connectivity index (χ1) is 11.8. The Morgan fingerprint density at radius 2 is 1.72 bits per heavy atom. The van der Waals surface area contributed by atoms with Crippen LogP contribution in [0.1, 0.15) is 44.9 Å². The minimum Gasteiger partial charge on any atom is -0.459 e. The molecular weight excluding hydrogens is 365 g/mol. The van der Waals surface area contributed by atoms with E-state index in [-0.39, 0.29) is 38.5 Å². The molecule has 1 heterocycles. The molecule has 128 valence electrons. The Balaban J connectivity index is 2.02. The molecule has 1 aliphatic heterocycles. The van der Waals surface area contributed by atoms with E-state index in [0.717, 1.165) is 4.90 Å². The monoisotopic (exact) mass is 377 g/mol.